The summed E-state index contributed by atoms with van der Waals surface area (Å²) in [5, 5.41) is 7.20. The van der Waals surface area contributed by atoms with Crippen molar-refractivity contribution in [2.24, 2.45) is 13.0 Å². The monoisotopic (exact) mass is 616 g/mol. The number of nitrogens with one attached hydrogen (secondary N) is 1. The Kier molecular flexibility index (Phi) is 9.16. The quantitative estimate of drug-likeness (QED) is 0.369. The van der Waals surface area contributed by atoms with Crippen molar-refractivity contribution in [1.82, 2.24) is 30.0 Å². The maximum Gasteiger partial charge on any atom is 0.407 e. The Morgan fingerprint density at radius 3 is 2.34 bits per heavy atom. The first-order chi connectivity index (χ1) is 20.9. The van der Waals surface area contributed by atoms with Gasteiger partial charge in [-0.3, -0.25) is 0 Å². The van der Waals surface area contributed by atoms with Crippen molar-refractivity contribution in [3.05, 3.63) is 53.4 Å². The lowest BCUT2D eigenvalue weighted by atomic mass is 9.93. The van der Waals surface area contributed by atoms with Gasteiger partial charge in [-0.2, -0.15) is 10.1 Å². The highest BCUT2D eigenvalue weighted by molar-refractivity contribution is 5.68. The second kappa shape index (κ2) is 12.9. The summed E-state index contributed by atoms with van der Waals surface area (Å²) in [7, 11) is 1.92. The van der Waals surface area contributed by atoms with Crippen LogP contribution in [0.4, 0.5) is 29.9 Å². The first-order valence-electron chi connectivity index (χ1n) is 14.9. The number of benzene rings is 1. The summed E-state index contributed by atoms with van der Waals surface area (Å²) in [6.07, 6.45) is 5.16. The van der Waals surface area contributed by atoms with E-state index in [1.807, 2.05) is 18.7 Å². The number of ether oxygens (including phenoxy) is 2. The van der Waals surface area contributed by atoms with Gasteiger partial charge in [0, 0.05) is 51.6 Å². The molecule has 0 saturated carbocycles. The number of amides is 1. The third-order valence-corrected chi connectivity index (χ3v) is 7.84. The summed E-state index contributed by atoms with van der Waals surface area (Å²) >= 11 is 0. The summed E-state index contributed by atoms with van der Waals surface area (Å²) in [6.45, 7) is 9.83. The average Bonchev–Trinajstić information content (AvgIpc) is 3.56. The third-order valence-electron chi connectivity index (χ3n) is 7.84. The number of carbonyl (C=O) groups is 1. The maximum atomic E-state index is 14.8. The molecule has 2 saturated heterocycles. The highest BCUT2D eigenvalue weighted by atomic mass is 19.2. The zero-order valence-electron chi connectivity index (χ0n) is 25.7. The van der Waals surface area contributed by atoms with Gasteiger partial charge in [0.15, 0.2) is 23.2 Å². The molecule has 3 aromatic rings. The first kappa shape index (κ1) is 31.3. The van der Waals surface area contributed by atoms with Gasteiger partial charge < -0.3 is 24.6 Å². The van der Waals surface area contributed by atoms with Crippen LogP contribution in [0.3, 0.4) is 0 Å². The van der Waals surface area contributed by atoms with Gasteiger partial charge in [0.2, 0.25) is 11.9 Å². The number of hydrogen-bond acceptors (Lipinski definition) is 9. The predicted molar refractivity (Wildman–Crippen MR) is 157 cm³/mol. The van der Waals surface area contributed by atoms with Crippen LogP contribution < -0.4 is 19.9 Å². The SMILES string of the molecule is CCc1nc(N2CCC(COc3cnc(N4CC(NC(=O)OC(C)(C)C)C(c5cc(F)c(F)cc5F)C4)nc3)CC2)n(C)n1. The number of hydrogen-bond donors (Lipinski definition) is 1. The van der Waals surface area contributed by atoms with Crippen LogP contribution in [0.25, 0.3) is 0 Å². The van der Waals surface area contributed by atoms with Gasteiger partial charge in [-0.05, 0) is 51.2 Å². The van der Waals surface area contributed by atoms with E-state index in [0.717, 1.165) is 50.2 Å². The van der Waals surface area contributed by atoms with Crippen LogP contribution in [0, 0.1) is 23.4 Å². The highest BCUT2D eigenvalue weighted by Crippen LogP contribution is 2.33. The number of halogens is 3. The van der Waals surface area contributed by atoms with Crippen molar-refractivity contribution < 1.29 is 27.4 Å². The minimum Gasteiger partial charge on any atom is -0.490 e. The van der Waals surface area contributed by atoms with Crippen LogP contribution in [-0.4, -0.2) is 75.3 Å². The normalized spacial score (nSPS) is 19.4. The van der Waals surface area contributed by atoms with Gasteiger partial charge in [-0.15, -0.1) is 0 Å². The number of carbonyl (C=O) groups excluding carboxylic acids is 1. The zero-order valence-corrected chi connectivity index (χ0v) is 25.7. The number of anilines is 2. The van der Waals surface area contributed by atoms with Crippen molar-refractivity contribution >= 4 is 18.0 Å². The Hall–Kier alpha value is -4.10. The molecular formula is C30H39F3N8O3. The number of aromatic nitrogens is 5. The summed E-state index contributed by atoms with van der Waals surface area (Å²) in [4.78, 5) is 30.1. The van der Waals surface area contributed by atoms with E-state index in [2.05, 4.69) is 30.3 Å². The van der Waals surface area contributed by atoms with Crippen LogP contribution in [0.2, 0.25) is 0 Å². The molecule has 2 fully saturated rings. The van der Waals surface area contributed by atoms with Crippen LogP contribution in [0.5, 0.6) is 5.75 Å². The summed E-state index contributed by atoms with van der Waals surface area (Å²) in [6, 6.07) is 0.674. The van der Waals surface area contributed by atoms with Gasteiger partial charge in [0.1, 0.15) is 11.4 Å². The topological polar surface area (TPSA) is 111 Å². The van der Waals surface area contributed by atoms with E-state index < -0.39 is 41.1 Å². The van der Waals surface area contributed by atoms with Crippen molar-refractivity contribution in [3.8, 4) is 5.75 Å². The second-order valence-electron chi connectivity index (χ2n) is 12.3. The van der Waals surface area contributed by atoms with E-state index in [4.69, 9.17) is 9.47 Å². The molecule has 2 aliphatic rings. The molecular weight excluding hydrogens is 577 g/mol. The molecule has 0 spiro atoms. The molecule has 2 aromatic heterocycles. The van der Waals surface area contributed by atoms with Gasteiger partial charge in [-0.1, -0.05) is 6.92 Å². The molecule has 2 atom stereocenters. The molecule has 0 radical (unpaired) electrons. The number of rotatable bonds is 8. The Balaban J connectivity index is 1.20. The number of aryl methyl sites for hydroxylation is 2. The molecule has 238 valence electrons. The number of alkyl carbamates (subject to hydrolysis) is 1. The molecule has 11 nitrogen and oxygen atoms in total. The second-order valence-corrected chi connectivity index (χ2v) is 12.3. The highest BCUT2D eigenvalue weighted by Gasteiger charge is 2.39. The van der Waals surface area contributed by atoms with Gasteiger partial charge in [-0.25, -0.2) is 32.6 Å². The van der Waals surface area contributed by atoms with Crippen LogP contribution >= 0.6 is 0 Å². The standard InChI is InChI=1S/C30H39F3N8O3/c1-6-26-37-28(39(5)38-26)40-9-7-18(8-10-40)17-43-19-13-34-27(35-14-19)41-15-21(20-11-23(32)24(33)12-22(20)31)25(16-41)36-29(42)44-30(2,3)4/h11-14,18,21,25H,6-10,15-17H2,1-5H3,(H,36,42). The summed E-state index contributed by atoms with van der Waals surface area (Å²) < 4.78 is 55.8. The molecule has 14 heteroatoms. The fourth-order valence-electron chi connectivity index (χ4n) is 5.62. The molecule has 1 aromatic carbocycles. The molecule has 1 N–H and O–H groups in total. The lowest BCUT2D eigenvalue weighted by molar-refractivity contribution is 0.0504. The molecule has 5 rings (SSSR count). The van der Waals surface area contributed by atoms with Crippen molar-refractivity contribution in [3.63, 3.8) is 0 Å². The van der Waals surface area contributed by atoms with Gasteiger partial charge >= 0.3 is 6.09 Å². The molecule has 1 amide bonds. The van der Waals surface area contributed by atoms with Gasteiger partial charge in [0.25, 0.3) is 0 Å². The lowest BCUT2D eigenvalue weighted by Gasteiger charge is -2.32. The van der Waals surface area contributed by atoms with Crippen LogP contribution in [0.15, 0.2) is 24.5 Å². The fraction of sp³-hybridized carbons (Fsp3) is 0.567. The van der Waals surface area contributed by atoms with Crippen molar-refractivity contribution in [2.45, 2.75) is 64.5 Å². The maximum absolute atomic E-state index is 14.8. The molecule has 0 aliphatic carbocycles. The van der Waals surface area contributed by atoms with Crippen LogP contribution in [-0.2, 0) is 18.2 Å². The number of piperidine rings is 1. The van der Waals surface area contributed by atoms with E-state index in [1.165, 1.54) is 0 Å². The largest absolute Gasteiger partial charge is 0.490 e. The lowest BCUT2D eigenvalue weighted by Crippen LogP contribution is -2.43. The average molecular weight is 617 g/mol. The van der Waals surface area contributed by atoms with E-state index in [-0.39, 0.29) is 18.7 Å². The van der Waals surface area contributed by atoms with Crippen molar-refractivity contribution in [2.75, 3.05) is 42.6 Å². The van der Waals surface area contributed by atoms with E-state index in [1.54, 1.807) is 38.1 Å². The van der Waals surface area contributed by atoms with E-state index in [9.17, 15) is 18.0 Å². The molecule has 2 aliphatic heterocycles. The molecule has 2 unspecified atom stereocenters. The molecule has 4 heterocycles. The minimum absolute atomic E-state index is 0.0524. The molecule has 44 heavy (non-hydrogen) atoms. The Morgan fingerprint density at radius 2 is 1.70 bits per heavy atom. The van der Waals surface area contributed by atoms with Crippen molar-refractivity contribution in [1.29, 1.82) is 0 Å². The fourth-order valence-corrected chi connectivity index (χ4v) is 5.62. The zero-order chi connectivity index (χ0) is 31.6. The summed E-state index contributed by atoms with van der Waals surface area (Å²) in [5.74, 6) is -1.10. The first-order valence-corrected chi connectivity index (χ1v) is 14.9. The number of nitrogens with zero attached hydrogens (tertiary/aromatic N) is 7. The van der Waals surface area contributed by atoms with E-state index in [0.29, 0.717) is 30.3 Å². The van der Waals surface area contributed by atoms with E-state index >= 15 is 0 Å². The van der Waals surface area contributed by atoms with Crippen LogP contribution in [0.1, 0.15) is 57.8 Å². The Labute approximate surface area is 254 Å². The predicted octanol–water partition coefficient (Wildman–Crippen LogP) is 4.38. The Morgan fingerprint density at radius 1 is 1.02 bits per heavy atom. The molecule has 0 bridgehead atoms. The summed E-state index contributed by atoms with van der Waals surface area (Å²) in [5.41, 5.74) is -0.806. The smallest absolute Gasteiger partial charge is 0.407 e. The minimum atomic E-state index is -1.28. The third kappa shape index (κ3) is 7.33. The van der Waals surface area contributed by atoms with Gasteiger partial charge in [0.05, 0.1) is 25.0 Å². The Bertz CT molecular complexity index is 1450.